The number of hydrogen-bond acceptors (Lipinski definition) is 3. The summed E-state index contributed by atoms with van der Waals surface area (Å²) in [5.74, 6) is -0.327. The van der Waals surface area contributed by atoms with E-state index in [0.717, 1.165) is 10.2 Å². The Kier molecular flexibility index (Phi) is 4.58. The fourth-order valence-electron chi connectivity index (χ4n) is 1.68. The van der Waals surface area contributed by atoms with E-state index in [4.69, 9.17) is 4.74 Å². The third-order valence-corrected chi connectivity index (χ3v) is 3.22. The van der Waals surface area contributed by atoms with Gasteiger partial charge >= 0.3 is 5.97 Å². The SMILES string of the molecule is COC(=O)c1cccc(NCc2ccc(Br)cc2)c1. The molecule has 19 heavy (non-hydrogen) atoms. The smallest absolute Gasteiger partial charge is 0.337 e. The first kappa shape index (κ1) is 13.6. The van der Waals surface area contributed by atoms with Gasteiger partial charge in [0, 0.05) is 16.7 Å². The highest BCUT2D eigenvalue weighted by Gasteiger charge is 2.05. The molecule has 3 nitrogen and oxygen atoms in total. The molecular weight excluding hydrogens is 306 g/mol. The van der Waals surface area contributed by atoms with Crippen LogP contribution in [0.5, 0.6) is 0 Å². The summed E-state index contributed by atoms with van der Waals surface area (Å²) in [4.78, 5) is 11.4. The molecule has 2 aromatic carbocycles. The van der Waals surface area contributed by atoms with Crippen LogP contribution in [0.2, 0.25) is 0 Å². The highest BCUT2D eigenvalue weighted by molar-refractivity contribution is 9.10. The molecule has 0 radical (unpaired) electrons. The molecule has 0 fully saturated rings. The lowest BCUT2D eigenvalue weighted by Crippen LogP contribution is -2.03. The number of rotatable bonds is 4. The van der Waals surface area contributed by atoms with Crippen LogP contribution in [0.25, 0.3) is 0 Å². The van der Waals surface area contributed by atoms with Gasteiger partial charge in [-0.05, 0) is 35.9 Å². The van der Waals surface area contributed by atoms with Crippen LogP contribution in [0.3, 0.4) is 0 Å². The molecule has 0 spiro atoms. The van der Waals surface area contributed by atoms with E-state index >= 15 is 0 Å². The second-order valence-corrected chi connectivity index (χ2v) is 4.97. The van der Waals surface area contributed by atoms with Gasteiger partial charge < -0.3 is 10.1 Å². The summed E-state index contributed by atoms with van der Waals surface area (Å²) in [6, 6.07) is 15.4. The second kappa shape index (κ2) is 6.38. The van der Waals surface area contributed by atoms with Crippen molar-refractivity contribution in [1.29, 1.82) is 0 Å². The van der Waals surface area contributed by atoms with E-state index < -0.39 is 0 Å². The maximum Gasteiger partial charge on any atom is 0.337 e. The van der Waals surface area contributed by atoms with Crippen LogP contribution in [0, 0.1) is 0 Å². The van der Waals surface area contributed by atoms with Crippen LogP contribution >= 0.6 is 15.9 Å². The van der Waals surface area contributed by atoms with Gasteiger partial charge in [0.15, 0.2) is 0 Å². The minimum atomic E-state index is -0.327. The van der Waals surface area contributed by atoms with Crippen molar-refractivity contribution in [2.24, 2.45) is 0 Å². The van der Waals surface area contributed by atoms with Crippen LogP contribution in [0.15, 0.2) is 53.0 Å². The molecule has 0 heterocycles. The minimum absolute atomic E-state index is 0.327. The number of carbonyl (C=O) groups excluding carboxylic acids is 1. The van der Waals surface area contributed by atoms with Crippen LogP contribution in [0.4, 0.5) is 5.69 Å². The summed E-state index contributed by atoms with van der Waals surface area (Å²) in [6.07, 6.45) is 0. The molecule has 0 saturated carbocycles. The van der Waals surface area contributed by atoms with Crippen molar-refractivity contribution in [3.05, 3.63) is 64.1 Å². The Hall–Kier alpha value is -1.81. The highest BCUT2D eigenvalue weighted by Crippen LogP contribution is 2.14. The third-order valence-electron chi connectivity index (χ3n) is 2.69. The summed E-state index contributed by atoms with van der Waals surface area (Å²) in [6.45, 7) is 0.706. The van der Waals surface area contributed by atoms with Gasteiger partial charge in [0.05, 0.1) is 12.7 Å². The fraction of sp³-hybridized carbons (Fsp3) is 0.133. The Morgan fingerprint density at radius 1 is 1.21 bits per heavy atom. The fourth-order valence-corrected chi connectivity index (χ4v) is 1.94. The van der Waals surface area contributed by atoms with Gasteiger partial charge in [0.2, 0.25) is 0 Å². The van der Waals surface area contributed by atoms with Crippen LogP contribution in [-0.4, -0.2) is 13.1 Å². The number of methoxy groups -OCH3 is 1. The van der Waals surface area contributed by atoms with Crippen molar-refractivity contribution < 1.29 is 9.53 Å². The predicted molar refractivity (Wildman–Crippen MR) is 79.3 cm³/mol. The van der Waals surface area contributed by atoms with Crippen molar-refractivity contribution in [3.8, 4) is 0 Å². The number of anilines is 1. The zero-order chi connectivity index (χ0) is 13.7. The summed E-state index contributed by atoms with van der Waals surface area (Å²) in [5.41, 5.74) is 2.61. The monoisotopic (exact) mass is 319 g/mol. The molecule has 0 aromatic heterocycles. The van der Waals surface area contributed by atoms with Crippen LogP contribution in [-0.2, 0) is 11.3 Å². The molecule has 98 valence electrons. The maximum absolute atomic E-state index is 11.4. The minimum Gasteiger partial charge on any atom is -0.465 e. The average molecular weight is 320 g/mol. The molecule has 4 heteroatoms. The first-order valence-corrected chi connectivity index (χ1v) is 6.65. The topological polar surface area (TPSA) is 38.3 Å². The van der Waals surface area contributed by atoms with Crippen molar-refractivity contribution in [2.45, 2.75) is 6.54 Å². The van der Waals surface area contributed by atoms with Crippen molar-refractivity contribution in [3.63, 3.8) is 0 Å². The van der Waals surface area contributed by atoms with Crippen molar-refractivity contribution >= 4 is 27.6 Å². The highest BCUT2D eigenvalue weighted by atomic mass is 79.9. The van der Waals surface area contributed by atoms with Crippen LogP contribution in [0.1, 0.15) is 15.9 Å². The summed E-state index contributed by atoms with van der Waals surface area (Å²) < 4.78 is 5.75. The molecule has 0 bridgehead atoms. The lowest BCUT2D eigenvalue weighted by Gasteiger charge is -2.08. The van der Waals surface area contributed by atoms with Gasteiger partial charge in [-0.3, -0.25) is 0 Å². The summed E-state index contributed by atoms with van der Waals surface area (Å²) in [7, 11) is 1.38. The lowest BCUT2D eigenvalue weighted by atomic mass is 10.2. The number of hydrogen-bond donors (Lipinski definition) is 1. The number of ether oxygens (including phenoxy) is 1. The molecule has 2 rings (SSSR count). The third kappa shape index (κ3) is 3.83. The van der Waals surface area contributed by atoms with E-state index in [9.17, 15) is 4.79 Å². The average Bonchev–Trinajstić information content (AvgIpc) is 2.46. The quantitative estimate of drug-likeness (QED) is 0.870. The molecule has 0 aliphatic heterocycles. The van der Waals surface area contributed by atoms with E-state index in [0.29, 0.717) is 12.1 Å². The van der Waals surface area contributed by atoms with Crippen molar-refractivity contribution in [2.75, 3.05) is 12.4 Å². The second-order valence-electron chi connectivity index (χ2n) is 4.05. The Labute approximate surface area is 120 Å². The molecule has 0 aliphatic rings. The molecule has 0 saturated heterocycles. The maximum atomic E-state index is 11.4. The zero-order valence-electron chi connectivity index (χ0n) is 10.5. The number of esters is 1. The molecule has 0 aliphatic carbocycles. The number of benzene rings is 2. The van der Waals surface area contributed by atoms with E-state index in [1.807, 2.05) is 36.4 Å². The van der Waals surface area contributed by atoms with Gasteiger partial charge in [0.1, 0.15) is 0 Å². The normalized spacial score (nSPS) is 10.0. The Balaban J connectivity index is 2.03. The lowest BCUT2D eigenvalue weighted by molar-refractivity contribution is 0.0601. The van der Waals surface area contributed by atoms with E-state index in [1.165, 1.54) is 12.7 Å². The molecule has 1 N–H and O–H groups in total. The van der Waals surface area contributed by atoms with Crippen LogP contribution < -0.4 is 5.32 Å². The number of carbonyl (C=O) groups is 1. The van der Waals surface area contributed by atoms with E-state index in [-0.39, 0.29) is 5.97 Å². The molecule has 2 aromatic rings. The Morgan fingerprint density at radius 3 is 2.63 bits per heavy atom. The van der Waals surface area contributed by atoms with Gasteiger partial charge in [0.25, 0.3) is 0 Å². The number of nitrogens with one attached hydrogen (secondary N) is 1. The number of halogens is 1. The first-order valence-electron chi connectivity index (χ1n) is 5.86. The summed E-state index contributed by atoms with van der Waals surface area (Å²) >= 11 is 3.40. The molecular formula is C15H14BrNO2. The van der Waals surface area contributed by atoms with E-state index in [1.54, 1.807) is 12.1 Å². The predicted octanol–water partition coefficient (Wildman–Crippen LogP) is 3.85. The molecule has 0 atom stereocenters. The zero-order valence-corrected chi connectivity index (χ0v) is 12.1. The Morgan fingerprint density at radius 2 is 1.95 bits per heavy atom. The largest absolute Gasteiger partial charge is 0.465 e. The summed E-state index contributed by atoms with van der Waals surface area (Å²) in [5, 5.41) is 3.28. The van der Waals surface area contributed by atoms with Gasteiger partial charge in [-0.25, -0.2) is 4.79 Å². The van der Waals surface area contributed by atoms with Gasteiger partial charge in [-0.15, -0.1) is 0 Å². The standard InChI is InChI=1S/C15H14BrNO2/c1-19-15(18)12-3-2-4-14(9-12)17-10-11-5-7-13(16)8-6-11/h2-9,17H,10H2,1H3. The van der Waals surface area contributed by atoms with E-state index in [2.05, 4.69) is 21.2 Å². The Bertz CT molecular complexity index is 567. The molecule has 0 amide bonds. The molecule has 0 unspecified atom stereocenters. The van der Waals surface area contributed by atoms with Gasteiger partial charge in [-0.2, -0.15) is 0 Å². The van der Waals surface area contributed by atoms with Gasteiger partial charge in [-0.1, -0.05) is 34.1 Å². The first-order chi connectivity index (χ1) is 9.19. The van der Waals surface area contributed by atoms with Crippen molar-refractivity contribution in [1.82, 2.24) is 0 Å².